The second kappa shape index (κ2) is 7.45. The molecule has 0 atom stereocenters. The van der Waals surface area contributed by atoms with Gasteiger partial charge in [-0.05, 0) is 54.0 Å². The fourth-order valence-corrected chi connectivity index (χ4v) is 2.43. The van der Waals surface area contributed by atoms with Crippen LogP contribution in [-0.4, -0.2) is 29.1 Å². The standard InChI is InChI=1S/C19H32N2O2/c1-17(2,3)20-16(22)19(6,7)21-18(4,5)14-23-13-15-11-9-8-10-12-15/h8-12,21H,13-14H2,1-7H3,(H,20,22). The van der Waals surface area contributed by atoms with Gasteiger partial charge in [0, 0.05) is 11.1 Å². The van der Waals surface area contributed by atoms with Gasteiger partial charge in [0.25, 0.3) is 0 Å². The van der Waals surface area contributed by atoms with Crippen LogP contribution >= 0.6 is 0 Å². The van der Waals surface area contributed by atoms with Crippen molar-refractivity contribution in [2.75, 3.05) is 6.61 Å². The van der Waals surface area contributed by atoms with Crippen LogP contribution < -0.4 is 10.6 Å². The second-order valence-electron chi connectivity index (χ2n) is 8.32. The molecule has 1 aromatic carbocycles. The molecule has 0 bridgehead atoms. The monoisotopic (exact) mass is 320 g/mol. The largest absolute Gasteiger partial charge is 0.375 e. The van der Waals surface area contributed by atoms with Crippen LogP contribution in [0.25, 0.3) is 0 Å². The van der Waals surface area contributed by atoms with Crippen LogP contribution in [0.4, 0.5) is 0 Å². The molecule has 130 valence electrons. The summed E-state index contributed by atoms with van der Waals surface area (Å²) < 4.78 is 5.82. The number of carbonyl (C=O) groups is 1. The molecule has 4 nitrogen and oxygen atoms in total. The maximum atomic E-state index is 12.4. The van der Waals surface area contributed by atoms with Crippen LogP contribution in [0.15, 0.2) is 30.3 Å². The summed E-state index contributed by atoms with van der Waals surface area (Å²) in [5.41, 5.74) is -0.0854. The summed E-state index contributed by atoms with van der Waals surface area (Å²) >= 11 is 0. The molecule has 4 heteroatoms. The zero-order chi connectivity index (χ0) is 17.7. The highest BCUT2D eigenvalue weighted by Gasteiger charge is 2.35. The van der Waals surface area contributed by atoms with E-state index >= 15 is 0 Å². The molecule has 0 radical (unpaired) electrons. The molecule has 0 saturated heterocycles. The van der Waals surface area contributed by atoms with E-state index in [9.17, 15) is 4.79 Å². The maximum Gasteiger partial charge on any atom is 0.240 e. The highest BCUT2D eigenvalue weighted by molar-refractivity contribution is 5.86. The minimum absolute atomic E-state index is 0.0128. The molecule has 0 aromatic heterocycles. The molecule has 1 aromatic rings. The van der Waals surface area contributed by atoms with Crippen molar-refractivity contribution >= 4 is 5.91 Å². The van der Waals surface area contributed by atoms with Crippen LogP contribution in [0.3, 0.4) is 0 Å². The average molecular weight is 320 g/mol. The maximum absolute atomic E-state index is 12.4. The fraction of sp³-hybridized carbons (Fsp3) is 0.632. The first kappa shape index (κ1) is 19.7. The molecular formula is C19H32N2O2. The number of ether oxygens (including phenoxy) is 1. The number of rotatable bonds is 7. The molecule has 1 rings (SSSR count). The van der Waals surface area contributed by atoms with Gasteiger partial charge in [0.1, 0.15) is 0 Å². The SMILES string of the molecule is CC(C)(C)NC(=O)C(C)(C)NC(C)(C)COCc1ccccc1. The van der Waals surface area contributed by atoms with E-state index < -0.39 is 5.54 Å². The highest BCUT2D eigenvalue weighted by Crippen LogP contribution is 2.14. The second-order valence-corrected chi connectivity index (χ2v) is 8.32. The molecule has 0 unspecified atom stereocenters. The van der Waals surface area contributed by atoms with E-state index in [1.807, 2.05) is 78.8 Å². The van der Waals surface area contributed by atoms with Gasteiger partial charge in [-0.3, -0.25) is 10.1 Å². The summed E-state index contributed by atoms with van der Waals surface area (Å²) in [4.78, 5) is 12.4. The summed E-state index contributed by atoms with van der Waals surface area (Å²) in [6.45, 7) is 14.9. The van der Waals surface area contributed by atoms with E-state index in [1.165, 1.54) is 0 Å². The van der Waals surface area contributed by atoms with E-state index in [0.717, 1.165) is 5.56 Å². The van der Waals surface area contributed by atoms with Crippen molar-refractivity contribution in [2.45, 2.75) is 71.7 Å². The number of hydrogen-bond acceptors (Lipinski definition) is 3. The van der Waals surface area contributed by atoms with Crippen LogP contribution in [0.1, 0.15) is 54.0 Å². The Morgan fingerprint density at radius 3 is 2.09 bits per heavy atom. The number of nitrogens with one attached hydrogen (secondary N) is 2. The molecular weight excluding hydrogens is 288 g/mol. The number of benzene rings is 1. The fourth-order valence-electron chi connectivity index (χ4n) is 2.43. The summed E-state index contributed by atoms with van der Waals surface area (Å²) in [5.74, 6) is -0.0128. The van der Waals surface area contributed by atoms with E-state index in [4.69, 9.17) is 4.74 Å². The van der Waals surface area contributed by atoms with Gasteiger partial charge in [0.2, 0.25) is 5.91 Å². The quantitative estimate of drug-likeness (QED) is 0.811. The van der Waals surface area contributed by atoms with E-state index in [1.54, 1.807) is 0 Å². The van der Waals surface area contributed by atoms with Crippen molar-refractivity contribution in [1.29, 1.82) is 0 Å². The van der Waals surface area contributed by atoms with Gasteiger partial charge >= 0.3 is 0 Å². The van der Waals surface area contributed by atoms with Gasteiger partial charge < -0.3 is 10.1 Å². The molecule has 0 fully saturated rings. The topological polar surface area (TPSA) is 50.4 Å². The molecule has 0 aliphatic heterocycles. The van der Waals surface area contributed by atoms with Crippen LogP contribution in [0.5, 0.6) is 0 Å². The Morgan fingerprint density at radius 2 is 1.57 bits per heavy atom. The Bertz CT molecular complexity index is 502. The predicted octanol–water partition coefficient (Wildman–Crippen LogP) is 3.26. The van der Waals surface area contributed by atoms with Gasteiger partial charge in [0.05, 0.1) is 18.8 Å². The zero-order valence-electron chi connectivity index (χ0n) is 15.6. The van der Waals surface area contributed by atoms with Gasteiger partial charge in [0.15, 0.2) is 0 Å². The van der Waals surface area contributed by atoms with Crippen LogP contribution in [-0.2, 0) is 16.1 Å². The van der Waals surface area contributed by atoms with Crippen LogP contribution in [0.2, 0.25) is 0 Å². The summed E-state index contributed by atoms with van der Waals surface area (Å²) in [5, 5.41) is 6.43. The van der Waals surface area contributed by atoms with Crippen molar-refractivity contribution in [3.63, 3.8) is 0 Å². The van der Waals surface area contributed by atoms with Crippen molar-refractivity contribution in [1.82, 2.24) is 10.6 Å². The van der Waals surface area contributed by atoms with Crippen molar-refractivity contribution in [2.24, 2.45) is 0 Å². The number of carbonyl (C=O) groups excluding carboxylic acids is 1. The third kappa shape index (κ3) is 7.62. The van der Waals surface area contributed by atoms with Crippen molar-refractivity contribution < 1.29 is 9.53 Å². The Labute approximate surface area is 141 Å². The number of hydrogen-bond donors (Lipinski definition) is 2. The predicted molar refractivity (Wildman–Crippen MR) is 95.3 cm³/mol. The van der Waals surface area contributed by atoms with E-state index in [-0.39, 0.29) is 17.0 Å². The summed E-state index contributed by atoms with van der Waals surface area (Å²) in [6.07, 6.45) is 0. The normalized spacial score (nSPS) is 13.0. The lowest BCUT2D eigenvalue weighted by atomic mass is 9.95. The molecule has 0 aliphatic rings. The molecule has 0 aliphatic carbocycles. The zero-order valence-corrected chi connectivity index (χ0v) is 15.6. The Hall–Kier alpha value is -1.39. The first-order valence-corrected chi connectivity index (χ1v) is 8.15. The molecule has 0 saturated carbocycles. The average Bonchev–Trinajstić information content (AvgIpc) is 2.36. The smallest absolute Gasteiger partial charge is 0.240 e. The molecule has 2 N–H and O–H groups in total. The first-order chi connectivity index (χ1) is 10.4. The third-order valence-electron chi connectivity index (χ3n) is 3.28. The number of amides is 1. The lowest BCUT2D eigenvalue weighted by Crippen LogP contribution is -2.63. The molecule has 0 heterocycles. The van der Waals surface area contributed by atoms with E-state index in [2.05, 4.69) is 10.6 Å². The van der Waals surface area contributed by atoms with Gasteiger partial charge in [-0.1, -0.05) is 30.3 Å². The van der Waals surface area contributed by atoms with E-state index in [0.29, 0.717) is 13.2 Å². The van der Waals surface area contributed by atoms with Gasteiger partial charge in [-0.2, -0.15) is 0 Å². The lowest BCUT2D eigenvalue weighted by molar-refractivity contribution is -0.129. The Kier molecular flexibility index (Phi) is 6.37. The molecule has 23 heavy (non-hydrogen) atoms. The van der Waals surface area contributed by atoms with Crippen molar-refractivity contribution in [3.05, 3.63) is 35.9 Å². The highest BCUT2D eigenvalue weighted by atomic mass is 16.5. The molecule has 0 spiro atoms. The summed E-state index contributed by atoms with van der Waals surface area (Å²) in [7, 11) is 0. The minimum Gasteiger partial charge on any atom is -0.375 e. The van der Waals surface area contributed by atoms with Crippen molar-refractivity contribution in [3.8, 4) is 0 Å². The first-order valence-electron chi connectivity index (χ1n) is 8.15. The Balaban J connectivity index is 2.53. The third-order valence-corrected chi connectivity index (χ3v) is 3.28. The van der Waals surface area contributed by atoms with Gasteiger partial charge in [-0.15, -0.1) is 0 Å². The minimum atomic E-state index is -0.674. The lowest BCUT2D eigenvalue weighted by Gasteiger charge is -2.37. The Morgan fingerprint density at radius 1 is 1.00 bits per heavy atom. The summed E-state index contributed by atoms with van der Waals surface area (Å²) in [6, 6.07) is 10.1. The molecule has 1 amide bonds. The van der Waals surface area contributed by atoms with Crippen LogP contribution in [0, 0.1) is 0 Å². The van der Waals surface area contributed by atoms with Gasteiger partial charge in [-0.25, -0.2) is 0 Å².